The molecule has 22 heavy (non-hydrogen) atoms. The van der Waals surface area contributed by atoms with Crippen molar-refractivity contribution in [3.8, 4) is 0 Å². The minimum atomic E-state index is -1.09. The Morgan fingerprint density at radius 2 is 2.14 bits per heavy atom. The highest BCUT2D eigenvalue weighted by Crippen LogP contribution is 2.50. The van der Waals surface area contributed by atoms with E-state index in [1.807, 2.05) is 24.1 Å². The Labute approximate surface area is 145 Å². The van der Waals surface area contributed by atoms with Gasteiger partial charge in [0.1, 0.15) is 15.8 Å². The van der Waals surface area contributed by atoms with Gasteiger partial charge >= 0.3 is 5.97 Å². The first-order valence-electron chi connectivity index (χ1n) is 6.09. The Bertz CT molecular complexity index is 750. The van der Waals surface area contributed by atoms with E-state index in [2.05, 4.69) is 0 Å². The quantitative estimate of drug-likeness (QED) is 0.632. The lowest BCUT2D eigenvalue weighted by Gasteiger charge is -2.15. The van der Waals surface area contributed by atoms with E-state index < -0.39 is 12.5 Å². The smallest absolute Gasteiger partial charge is 0.323 e. The molecule has 0 spiro atoms. The summed E-state index contributed by atoms with van der Waals surface area (Å²) in [5.74, 6) is -1.46. The maximum atomic E-state index is 12.4. The minimum absolute atomic E-state index is 0.262. The first-order chi connectivity index (χ1) is 10.4. The Balaban J connectivity index is 1.98. The molecule has 114 valence electrons. The van der Waals surface area contributed by atoms with Crippen LogP contribution >= 0.6 is 47.3 Å². The normalized spacial score (nSPS) is 20.8. The molecule has 0 aromatic heterocycles. The number of carboxylic acids is 1. The number of carboxylic acid groups (broad SMARTS) is 1. The zero-order chi connectivity index (χ0) is 16.0. The van der Waals surface area contributed by atoms with Gasteiger partial charge in [0.15, 0.2) is 0 Å². The zero-order valence-corrected chi connectivity index (χ0v) is 14.4. The van der Waals surface area contributed by atoms with Crippen LogP contribution in [0.25, 0.3) is 0 Å². The molecule has 2 aliphatic rings. The first-order valence-corrected chi connectivity index (χ1v) is 8.51. The number of halogens is 1. The van der Waals surface area contributed by atoms with E-state index in [4.69, 9.17) is 28.9 Å². The molecule has 1 aromatic rings. The average Bonchev–Trinajstić information content (AvgIpc) is 2.91. The van der Waals surface area contributed by atoms with E-state index in [1.54, 1.807) is 6.07 Å². The lowest BCUT2D eigenvalue weighted by molar-refractivity contribution is -0.140. The second-order valence-electron chi connectivity index (χ2n) is 4.56. The van der Waals surface area contributed by atoms with Crippen molar-refractivity contribution in [1.29, 1.82) is 0 Å². The monoisotopic (exact) mass is 372 g/mol. The molecular weight excluding hydrogens is 364 g/mol. The summed E-state index contributed by atoms with van der Waals surface area (Å²) < 4.78 is 0.262. The molecule has 1 aromatic carbocycles. The van der Waals surface area contributed by atoms with E-state index in [0.29, 0.717) is 9.93 Å². The van der Waals surface area contributed by atoms with Crippen LogP contribution in [0.15, 0.2) is 33.0 Å². The van der Waals surface area contributed by atoms with Crippen LogP contribution in [0.5, 0.6) is 0 Å². The number of hydrogen-bond donors (Lipinski definition) is 1. The summed E-state index contributed by atoms with van der Waals surface area (Å²) in [6, 6.07) is 5.51. The number of anilines is 1. The SMILES string of the molecule is CN1/C(=C2\SC(=S)N(CC(=O)O)C2=O)Sc2ccc(Cl)cc21. The van der Waals surface area contributed by atoms with Gasteiger partial charge in [-0.1, -0.05) is 47.3 Å². The third-order valence-electron chi connectivity index (χ3n) is 3.13. The van der Waals surface area contributed by atoms with Gasteiger partial charge in [0, 0.05) is 17.0 Å². The average molecular weight is 373 g/mol. The summed E-state index contributed by atoms with van der Waals surface area (Å²) in [7, 11) is 1.84. The van der Waals surface area contributed by atoms with Gasteiger partial charge in [-0.3, -0.25) is 14.5 Å². The predicted octanol–water partition coefficient (Wildman–Crippen LogP) is 3.00. The zero-order valence-electron chi connectivity index (χ0n) is 11.2. The first kappa shape index (κ1) is 15.7. The highest BCUT2D eigenvalue weighted by Gasteiger charge is 2.38. The lowest BCUT2D eigenvalue weighted by atomic mass is 10.3. The van der Waals surface area contributed by atoms with Crippen molar-refractivity contribution in [1.82, 2.24) is 4.90 Å². The van der Waals surface area contributed by atoms with E-state index >= 15 is 0 Å². The summed E-state index contributed by atoms with van der Waals surface area (Å²) in [4.78, 5) is 27.7. The fraction of sp³-hybridized carbons (Fsp3) is 0.154. The molecule has 0 aliphatic carbocycles. The van der Waals surface area contributed by atoms with Crippen molar-refractivity contribution in [2.24, 2.45) is 0 Å². The third kappa shape index (κ3) is 2.60. The standard InChI is InChI=1S/C13H9ClN2O3S3/c1-15-7-4-6(14)2-3-8(7)21-12(15)10-11(19)16(5-9(17)18)13(20)22-10/h2-4H,5H2,1H3,(H,17,18)/b12-10+. The molecule has 1 fully saturated rings. The number of hydrogen-bond acceptors (Lipinski definition) is 6. The second-order valence-corrected chi connectivity index (χ2v) is 7.67. The van der Waals surface area contributed by atoms with Gasteiger partial charge in [0.2, 0.25) is 0 Å². The van der Waals surface area contributed by atoms with Gasteiger partial charge in [-0.2, -0.15) is 0 Å². The summed E-state index contributed by atoms with van der Waals surface area (Å²) in [6.45, 7) is -0.422. The van der Waals surface area contributed by atoms with Crippen molar-refractivity contribution in [3.05, 3.63) is 33.2 Å². The van der Waals surface area contributed by atoms with Crippen LogP contribution in [-0.2, 0) is 9.59 Å². The molecular formula is C13H9ClN2O3S3. The molecule has 1 N–H and O–H groups in total. The number of rotatable bonds is 2. The number of amides is 1. The Morgan fingerprint density at radius 1 is 1.41 bits per heavy atom. The predicted molar refractivity (Wildman–Crippen MR) is 92.3 cm³/mol. The molecule has 1 amide bonds. The number of carbonyl (C=O) groups is 2. The highest BCUT2D eigenvalue weighted by molar-refractivity contribution is 8.27. The molecule has 2 aliphatic heterocycles. The summed E-state index contributed by atoms with van der Waals surface area (Å²) in [5, 5.41) is 10.2. The molecule has 3 rings (SSSR count). The lowest BCUT2D eigenvalue weighted by Crippen LogP contribution is -2.33. The fourth-order valence-electron chi connectivity index (χ4n) is 2.12. The van der Waals surface area contributed by atoms with Crippen LogP contribution in [0, 0.1) is 0 Å². The van der Waals surface area contributed by atoms with E-state index in [9.17, 15) is 9.59 Å². The van der Waals surface area contributed by atoms with E-state index in [0.717, 1.165) is 32.3 Å². The van der Waals surface area contributed by atoms with Crippen LogP contribution < -0.4 is 4.90 Å². The summed E-state index contributed by atoms with van der Waals surface area (Å²) in [5.41, 5.74) is 0.913. The Kier molecular flexibility index (Phi) is 4.11. The van der Waals surface area contributed by atoms with Gasteiger partial charge in [-0.25, -0.2) is 0 Å². The van der Waals surface area contributed by atoms with Gasteiger partial charge in [-0.15, -0.1) is 0 Å². The highest BCUT2D eigenvalue weighted by atomic mass is 35.5. The van der Waals surface area contributed by atoms with Crippen LogP contribution in [0.1, 0.15) is 0 Å². The molecule has 0 saturated carbocycles. The van der Waals surface area contributed by atoms with Gasteiger partial charge < -0.3 is 10.0 Å². The van der Waals surface area contributed by atoms with Crippen molar-refractivity contribution < 1.29 is 14.7 Å². The third-order valence-corrected chi connectivity index (χ3v) is 6.17. The van der Waals surface area contributed by atoms with Crippen molar-refractivity contribution >= 4 is 69.2 Å². The van der Waals surface area contributed by atoms with E-state index in [-0.39, 0.29) is 10.2 Å². The maximum Gasteiger partial charge on any atom is 0.323 e. The molecule has 0 atom stereocenters. The number of benzene rings is 1. The van der Waals surface area contributed by atoms with Gasteiger partial charge in [0.25, 0.3) is 5.91 Å². The largest absolute Gasteiger partial charge is 0.480 e. The van der Waals surface area contributed by atoms with Gasteiger partial charge in [0.05, 0.1) is 10.7 Å². The Hall–Kier alpha value is -1.22. The topological polar surface area (TPSA) is 60.9 Å². The molecule has 0 bridgehead atoms. The summed E-state index contributed by atoms with van der Waals surface area (Å²) >= 11 is 13.7. The van der Waals surface area contributed by atoms with Crippen molar-refractivity contribution in [3.63, 3.8) is 0 Å². The van der Waals surface area contributed by atoms with Crippen LogP contribution in [0.3, 0.4) is 0 Å². The van der Waals surface area contributed by atoms with Gasteiger partial charge in [-0.05, 0) is 18.2 Å². The molecule has 1 saturated heterocycles. The van der Waals surface area contributed by atoms with Crippen LogP contribution in [0.4, 0.5) is 5.69 Å². The summed E-state index contributed by atoms with van der Waals surface area (Å²) in [6.07, 6.45) is 0. The second kappa shape index (κ2) is 5.77. The minimum Gasteiger partial charge on any atom is -0.480 e. The number of carbonyl (C=O) groups excluding carboxylic acids is 1. The van der Waals surface area contributed by atoms with Crippen molar-refractivity contribution in [2.75, 3.05) is 18.5 Å². The molecule has 0 unspecified atom stereocenters. The molecule has 5 nitrogen and oxygen atoms in total. The van der Waals surface area contributed by atoms with Crippen LogP contribution in [-0.4, -0.2) is 39.8 Å². The van der Waals surface area contributed by atoms with Crippen LogP contribution in [0.2, 0.25) is 5.02 Å². The number of thioether (sulfide) groups is 2. The van der Waals surface area contributed by atoms with E-state index in [1.165, 1.54) is 11.8 Å². The van der Waals surface area contributed by atoms with Crippen molar-refractivity contribution in [2.45, 2.75) is 4.90 Å². The fourth-order valence-corrected chi connectivity index (χ4v) is 4.85. The molecule has 9 heteroatoms. The number of nitrogens with zero attached hydrogens (tertiary/aromatic N) is 2. The Morgan fingerprint density at radius 3 is 2.82 bits per heavy atom. The maximum absolute atomic E-state index is 12.4. The molecule has 0 radical (unpaired) electrons. The molecule has 2 heterocycles. The number of aliphatic carboxylic acids is 1. The number of fused-ring (bicyclic) bond motifs is 1. The number of thiocarbonyl (C=S) groups is 1.